The van der Waals surface area contributed by atoms with E-state index in [4.69, 9.17) is 9.47 Å². The zero-order valence-corrected chi connectivity index (χ0v) is 9.03. The number of aryl methyl sites for hydroxylation is 1. The normalized spacial score (nSPS) is 10.0. The average Bonchev–Trinajstić information content (AvgIpc) is 2.21. The number of rotatable bonds is 5. The lowest BCUT2D eigenvalue weighted by molar-refractivity contribution is -0.148. The van der Waals surface area contributed by atoms with Crippen LogP contribution in [0, 0.1) is 6.92 Å². The smallest absolute Gasteiger partial charge is 0.332 e. The minimum Gasteiger partial charge on any atom is -0.464 e. The fourth-order valence-corrected chi connectivity index (χ4v) is 1.12. The van der Waals surface area contributed by atoms with E-state index in [2.05, 4.69) is 4.98 Å². The minimum absolute atomic E-state index is 0.0117. The highest BCUT2D eigenvalue weighted by atomic mass is 16.6. The molecule has 0 radical (unpaired) electrons. The molecule has 82 valence electrons. The number of nitrogens with zero attached hydrogens (tertiary/aromatic N) is 1. The summed E-state index contributed by atoms with van der Waals surface area (Å²) in [6.07, 6.45) is 1.73. The predicted molar refractivity (Wildman–Crippen MR) is 55.3 cm³/mol. The molecule has 0 N–H and O–H groups in total. The Morgan fingerprint density at radius 2 is 2.33 bits per heavy atom. The van der Waals surface area contributed by atoms with E-state index < -0.39 is 0 Å². The van der Waals surface area contributed by atoms with E-state index in [1.165, 1.54) is 0 Å². The molecule has 4 nitrogen and oxygen atoms in total. The van der Waals surface area contributed by atoms with Gasteiger partial charge < -0.3 is 9.47 Å². The predicted octanol–water partition coefficient (Wildman–Crippen LogP) is 1.47. The quantitative estimate of drug-likeness (QED) is 0.689. The maximum absolute atomic E-state index is 11.0. The van der Waals surface area contributed by atoms with Gasteiger partial charge in [0.1, 0.15) is 6.61 Å². The second-order valence-electron chi connectivity index (χ2n) is 3.05. The number of pyridine rings is 1. The first-order valence-corrected chi connectivity index (χ1v) is 4.88. The molecule has 0 saturated heterocycles. The molecular weight excluding hydrogens is 194 g/mol. The Kier molecular flexibility index (Phi) is 4.77. The minimum atomic E-state index is -0.334. The van der Waals surface area contributed by atoms with Gasteiger partial charge in [-0.2, -0.15) is 0 Å². The molecule has 0 aliphatic carbocycles. The third kappa shape index (κ3) is 4.08. The van der Waals surface area contributed by atoms with Gasteiger partial charge in [0.25, 0.3) is 0 Å². The van der Waals surface area contributed by atoms with Crippen LogP contribution < -0.4 is 0 Å². The van der Waals surface area contributed by atoms with E-state index in [1.807, 2.05) is 19.1 Å². The fraction of sp³-hybridized carbons (Fsp3) is 0.455. The Morgan fingerprint density at radius 1 is 1.53 bits per heavy atom. The first kappa shape index (κ1) is 11.7. The first-order chi connectivity index (χ1) is 7.24. The van der Waals surface area contributed by atoms with E-state index in [9.17, 15) is 4.79 Å². The summed E-state index contributed by atoms with van der Waals surface area (Å²) in [5.41, 5.74) is 1.91. The summed E-state index contributed by atoms with van der Waals surface area (Å²) in [5.74, 6) is -0.334. The number of carbonyl (C=O) groups is 1. The second-order valence-corrected chi connectivity index (χ2v) is 3.05. The number of ether oxygens (including phenoxy) is 2. The first-order valence-electron chi connectivity index (χ1n) is 4.88. The molecule has 0 fully saturated rings. The molecule has 1 rings (SSSR count). The number of hydrogen-bond donors (Lipinski definition) is 0. The lowest BCUT2D eigenvalue weighted by Crippen LogP contribution is -2.12. The lowest BCUT2D eigenvalue weighted by atomic mass is 10.2. The molecule has 1 aromatic heterocycles. The molecule has 0 unspecified atom stereocenters. The molecule has 1 heterocycles. The molecule has 0 aliphatic heterocycles. The highest BCUT2D eigenvalue weighted by Crippen LogP contribution is 2.04. The third-order valence-corrected chi connectivity index (χ3v) is 1.90. The largest absolute Gasteiger partial charge is 0.464 e. The molecule has 0 bridgehead atoms. The molecule has 4 heteroatoms. The van der Waals surface area contributed by atoms with Crippen LogP contribution in [0.1, 0.15) is 18.2 Å². The van der Waals surface area contributed by atoms with E-state index in [0.29, 0.717) is 13.2 Å². The Labute approximate surface area is 89.2 Å². The summed E-state index contributed by atoms with van der Waals surface area (Å²) in [7, 11) is 0. The van der Waals surface area contributed by atoms with Crippen molar-refractivity contribution in [3.8, 4) is 0 Å². The van der Waals surface area contributed by atoms with Crippen LogP contribution in [0.3, 0.4) is 0 Å². The monoisotopic (exact) mass is 209 g/mol. The maximum atomic E-state index is 11.0. The molecular formula is C11H15NO3. The van der Waals surface area contributed by atoms with Gasteiger partial charge in [0.15, 0.2) is 0 Å². The van der Waals surface area contributed by atoms with Gasteiger partial charge in [-0.1, -0.05) is 6.07 Å². The van der Waals surface area contributed by atoms with Crippen molar-refractivity contribution in [1.29, 1.82) is 0 Å². The van der Waals surface area contributed by atoms with Crippen LogP contribution in [0.2, 0.25) is 0 Å². The topological polar surface area (TPSA) is 48.4 Å². The van der Waals surface area contributed by atoms with Crippen LogP contribution in [0.15, 0.2) is 18.3 Å². The van der Waals surface area contributed by atoms with Crippen molar-refractivity contribution < 1.29 is 14.3 Å². The molecule has 1 aromatic rings. The van der Waals surface area contributed by atoms with E-state index in [-0.39, 0.29) is 12.6 Å². The number of carbonyl (C=O) groups excluding carboxylic acids is 1. The summed E-state index contributed by atoms with van der Waals surface area (Å²) in [4.78, 5) is 15.1. The van der Waals surface area contributed by atoms with Crippen LogP contribution in [0.25, 0.3) is 0 Å². The van der Waals surface area contributed by atoms with Crippen molar-refractivity contribution in [2.75, 3.05) is 13.2 Å². The molecule has 0 amide bonds. The number of aromatic nitrogens is 1. The summed E-state index contributed by atoms with van der Waals surface area (Å²) < 4.78 is 9.93. The average molecular weight is 209 g/mol. The van der Waals surface area contributed by atoms with Crippen LogP contribution in [0.5, 0.6) is 0 Å². The molecule has 0 aromatic carbocycles. The van der Waals surface area contributed by atoms with Crippen LogP contribution >= 0.6 is 0 Å². The Morgan fingerprint density at radius 3 is 3.00 bits per heavy atom. The van der Waals surface area contributed by atoms with E-state index in [0.717, 1.165) is 11.3 Å². The molecule has 0 atom stereocenters. The van der Waals surface area contributed by atoms with Gasteiger partial charge in [-0.3, -0.25) is 4.98 Å². The van der Waals surface area contributed by atoms with Crippen molar-refractivity contribution in [2.24, 2.45) is 0 Å². The highest BCUT2D eigenvalue weighted by molar-refractivity contribution is 5.70. The molecule has 0 spiro atoms. The van der Waals surface area contributed by atoms with Gasteiger partial charge in [-0.15, -0.1) is 0 Å². The van der Waals surface area contributed by atoms with Crippen molar-refractivity contribution >= 4 is 5.97 Å². The zero-order chi connectivity index (χ0) is 11.1. The van der Waals surface area contributed by atoms with Crippen molar-refractivity contribution in [2.45, 2.75) is 20.5 Å². The Balaban J connectivity index is 2.32. The SMILES string of the molecule is CCOC(=O)COCc1cccnc1C. The van der Waals surface area contributed by atoms with Gasteiger partial charge in [0.2, 0.25) is 0 Å². The summed E-state index contributed by atoms with van der Waals surface area (Å²) in [5, 5.41) is 0. The highest BCUT2D eigenvalue weighted by Gasteiger charge is 2.03. The van der Waals surface area contributed by atoms with Gasteiger partial charge in [-0.25, -0.2) is 4.79 Å². The summed E-state index contributed by atoms with van der Waals surface area (Å²) >= 11 is 0. The van der Waals surface area contributed by atoms with Gasteiger partial charge >= 0.3 is 5.97 Å². The Hall–Kier alpha value is -1.42. The van der Waals surface area contributed by atoms with Crippen LogP contribution in [0.4, 0.5) is 0 Å². The lowest BCUT2D eigenvalue weighted by Gasteiger charge is -2.05. The van der Waals surface area contributed by atoms with Crippen LogP contribution in [-0.2, 0) is 20.9 Å². The van der Waals surface area contributed by atoms with Gasteiger partial charge in [0, 0.05) is 11.9 Å². The summed E-state index contributed by atoms with van der Waals surface area (Å²) in [6.45, 7) is 4.43. The summed E-state index contributed by atoms with van der Waals surface area (Å²) in [6, 6.07) is 3.77. The second kappa shape index (κ2) is 6.14. The fourth-order valence-electron chi connectivity index (χ4n) is 1.12. The zero-order valence-electron chi connectivity index (χ0n) is 9.03. The van der Waals surface area contributed by atoms with Gasteiger partial charge in [-0.05, 0) is 25.5 Å². The van der Waals surface area contributed by atoms with Crippen LogP contribution in [-0.4, -0.2) is 24.2 Å². The van der Waals surface area contributed by atoms with E-state index in [1.54, 1.807) is 13.1 Å². The Bertz CT molecular complexity index is 325. The molecule has 0 aliphatic rings. The van der Waals surface area contributed by atoms with Gasteiger partial charge in [0.05, 0.1) is 13.2 Å². The molecule has 0 saturated carbocycles. The number of hydrogen-bond acceptors (Lipinski definition) is 4. The standard InChI is InChI=1S/C11H15NO3/c1-3-15-11(13)8-14-7-10-5-4-6-12-9(10)2/h4-6H,3,7-8H2,1-2H3. The van der Waals surface area contributed by atoms with Crippen molar-refractivity contribution in [3.05, 3.63) is 29.6 Å². The maximum Gasteiger partial charge on any atom is 0.332 e. The van der Waals surface area contributed by atoms with E-state index >= 15 is 0 Å². The number of esters is 1. The van der Waals surface area contributed by atoms with Crippen molar-refractivity contribution in [1.82, 2.24) is 4.98 Å². The third-order valence-electron chi connectivity index (χ3n) is 1.90. The molecule has 15 heavy (non-hydrogen) atoms. The van der Waals surface area contributed by atoms with Crippen molar-refractivity contribution in [3.63, 3.8) is 0 Å².